The van der Waals surface area contributed by atoms with E-state index in [1.165, 1.54) is 12.1 Å². The highest BCUT2D eigenvalue weighted by Gasteiger charge is 2.15. The summed E-state index contributed by atoms with van der Waals surface area (Å²) >= 11 is 12.2. The molecule has 0 aliphatic heterocycles. The highest BCUT2D eigenvalue weighted by molar-refractivity contribution is 6.31. The summed E-state index contributed by atoms with van der Waals surface area (Å²) in [6.45, 7) is 1.67. The average molecular weight is 301 g/mol. The van der Waals surface area contributed by atoms with Gasteiger partial charge in [0.25, 0.3) is 0 Å². The van der Waals surface area contributed by atoms with Crippen LogP contribution in [-0.4, -0.2) is 0 Å². The quantitative estimate of drug-likeness (QED) is 0.661. The number of aryl methyl sites for hydroxylation is 1. The van der Waals surface area contributed by atoms with Crippen LogP contribution in [0.2, 0.25) is 5.02 Å². The average Bonchev–Trinajstić information content (AvgIpc) is 2.37. The number of halogens is 4. The fraction of sp³-hybridized carbons (Fsp3) is 0.200. The van der Waals surface area contributed by atoms with E-state index >= 15 is 0 Å². The minimum Gasteiger partial charge on any atom is -0.207 e. The lowest BCUT2D eigenvalue weighted by Gasteiger charge is -2.13. The fourth-order valence-corrected chi connectivity index (χ4v) is 2.42. The molecule has 0 saturated carbocycles. The van der Waals surface area contributed by atoms with Crippen molar-refractivity contribution in [3.8, 4) is 0 Å². The lowest BCUT2D eigenvalue weighted by atomic mass is 10.0. The molecule has 2 aromatic carbocycles. The van der Waals surface area contributed by atoms with E-state index in [-0.39, 0.29) is 18.1 Å². The molecule has 2 aromatic rings. The molecule has 0 N–H and O–H groups in total. The summed E-state index contributed by atoms with van der Waals surface area (Å²) < 4.78 is 26.9. The summed E-state index contributed by atoms with van der Waals surface area (Å²) in [6, 6.07) is 9.16. The summed E-state index contributed by atoms with van der Waals surface area (Å²) in [6.07, 6.45) is 0.262. The largest absolute Gasteiger partial charge is 0.207 e. The molecule has 0 amide bonds. The maximum Gasteiger partial charge on any atom is 0.127 e. The van der Waals surface area contributed by atoms with Crippen molar-refractivity contribution in [1.82, 2.24) is 0 Å². The Balaban J connectivity index is 2.25. The predicted molar refractivity (Wildman–Crippen MR) is 74.8 cm³/mol. The number of alkyl halides is 1. The molecule has 0 heterocycles. The number of hydrogen-bond acceptors (Lipinski definition) is 0. The third-order valence-corrected chi connectivity index (χ3v) is 3.75. The Bertz CT molecular complexity index is 576. The van der Waals surface area contributed by atoms with Gasteiger partial charge in [0.1, 0.15) is 11.6 Å². The van der Waals surface area contributed by atoms with Crippen molar-refractivity contribution in [2.45, 2.75) is 18.7 Å². The lowest BCUT2D eigenvalue weighted by molar-refractivity contribution is 0.606. The molecule has 0 aliphatic rings. The van der Waals surface area contributed by atoms with Crippen molar-refractivity contribution in [1.29, 1.82) is 0 Å². The van der Waals surface area contributed by atoms with Gasteiger partial charge >= 0.3 is 0 Å². The van der Waals surface area contributed by atoms with Crippen molar-refractivity contribution in [2.75, 3.05) is 0 Å². The Morgan fingerprint density at radius 2 is 1.84 bits per heavy atom. The Labute approximate surface area is 121 Å². The Kier molecular flexibility index (Phi) is 4.43. The number of rotatable bonds is 3. The molecular weight excluding hydrogens is 289 g/mol. The Hall–Kier alpha value is -1.12. The van der Waals surface area contributed by atoms with E-state index in [1.807, 2.05) is 0 Å². The molecule has 2 rings (SSSR count). The molecule has 0 spiro atoms. The standard InChI is InChI=1S/C15H12Cl2F2/c1-9-7-10(5-6-14(9)18)13(17)8-11-12(16)3-2-4-15(11)19/h2-7,13H,8H2,1H3. The van der Waals surface area contributed by atoms with Gasteiger partial charge in [0.05, 0.1) is 5.38 Å². The zero-order valence-corrected chi connectivity index (χ0v) is 11.8. The van der Waals surface area contributed by atoms with Crippen molar-refractivity contribution < 1.29 is 8.78 Å². The monoisotopic (exact) mass is 300 g/mol. The third-order valence-electron chi connectivity index (χ3n) is 2.99. The van der Waals surface area contributed by atoms with E-state index in [9.17, 15) is 8.78 Å². The van der Waals surface area contributed by atoms with Gasteiger partial charge < -0.3 is 0 Å². The zero-order valence-electron chi connectivity index (χ0n) is 10.3. The molecule has 0 radical (unpaired) electrons. The molecule has 100 valence electrons. The fourth-order valence-electron chi connectivity index (χ4n) is 1.89. The van der Waals surface area contributed by atoms with Gasteiger partial charge in [-0.1, -0.05) is 29.8 Å². The van der Waals surface area contributed by atoms with Gasteiger partial charge in [-0.2, -0.15) is 0 Å². The van der Waals surface area contributed by atoms with E-state index in [2.05, 4.69) is 0 Å². The molecule has 0 saturated heterocycles. The van der Waals surface area contributed by atoms with Gasteiger partial charge in [-0.3, -0.25) is 0 Å². The number of benzene rings is 2. The topological polar surface area (TPSA) is 0 Å². The van der Waals surface area contributed by atoms with Crippen molar-refractivity contribution in [3.63, 3.8) is 0 Å². The SMILES string of the molecule is Cc1cc(C(Cl)Cc2c(F)cccc2Cl)ccc1F. The second-order valence-corrected chi connectivity index (χ2v) is 5.31. The Morgan fingerprint density at radius 1 is 1.11 bits per heavy atom. The molecular formula is C15H12Cl2F2. The van der Waals surface area contributed by atoms with Crippen LogP contribution in [0.3, 0.4) is 0 Å². The van der Waals surface area contributed by atoms with E-state index in [1.54, 1.807) is 31.2 Å². The predicted octanol–water partition coefficient (Wildman–Crippen LogP) is 5.45. The molecule has 0 bridgehead atoms. The minimum atomic E-state index is -0.450. The molecule has 19 heavy (non-hydrogen) atoms. The molecule has 1 atom stereocenters. The van der Waals surface area contributed by atoms with Crippen LogP contribution >= 0.6 is 23.2 Å². The summed E-state index contributed by atoms with van der Waals surface area (Å²) in [5.41, 5.74) is 1.65. The molecule has 0 aromatic heterocycles. The van der Waals surface area contributed by atoms with Crippen LogP contribution in [0.15, 0.2) is 36.4 Å². The van der Waals surface area contributed by atoms with E-state index < -0.39 is 5.38 Å². The molecule has 0 aliphatic carbocycles. The second kappa shape index (κ2) is 5.89. The van der Waals surface area contributed by atoms with Gasteiger partial charge in [0, 0.05) is 10.6 Å². The van der Waals surface area contributed by atoms with Gasteiger partial charge in [-0.25, -0.2) is 8.78 Å². The summed E-state index contributed by atoms with van der Waals surface area (Å²) in [5.74, 6) is -0.659. The first kappa shape index (κ1) is 14.3. The van der Waals surface area contributed by atoms with Crippen molar-refractivity contribution >= 4 is 23.2 Å². The van der Waals surface area contributed by atoms with Crippen molar-refractivity contribution in [2.24, 2.45) is 0 Å². The first-order valence-electron chi connectivity index (χ1n) is 5.82. The van der Waals surface area contributed by atoms with E-state index in [0.29, 0.717) is 16.1 Å². The minimum absolute atomic E-state index is 0.262. The maximum atomic E-state index is 13.7. The van der Waals surface area contributed by atoms with E-state index in [4.69, 9.17) is 23.2 Å². The van der Waals surface area contributed by atoms with Crippen LogP contribution in [0, 0.1) is 18.6 Å². The van der Waals surface area contributed by atoms with Crippen LogP contribution in [0.1, 0.15) is 22.1 Å². The first-order chi connectivity index (χ1) is 8.99. The highest BCUT2D eigenvalue weighted by Crippen LogP contribution is 2.30. The summed E-state index contributed by atoms with van der Waals surface area (Å²) in [4.78, 5) is 0. The lowest BCUT2D eigenvalue weighted by Crippen LogP contribution is -2.00. The maximum absolute atomic E-state index is 13.7. The van der Waals surface area contributed by atoms with E-state index in [0.717, 1.165) is 5.56 Å². The van der Waals surface area contributed by atoms with Gasteiger partial charge in [0.2, 0.25) is 0 Å². The van der Waals surface area contributed by atoms with Gasteiger partial charge in [0.15, 0.2) is 0 Å². The third kappa shape index (κ3) is 3.26. The molecule has 4 heteroatoms. The first-order valence-corrected chi connectivity index (χ1v) is 6.63. The van der Waals surface area contributed by atoms with Crippen molar-refractivity contribution in [3.05, 3.63) is 69.7 Å². The number of hydrogen-bond donors (Lipinski definition) is 0. The van der Waals surface area contributed by atoms with Crippen LogP contribution in [0.25, 0.3) is 0 Å². The van der Waals surface area contributed by atoms with Crippen LogP contribution in [-0.2, 0) is 6.42 Å². The van der Waals surface area contributed by atoms with Gasteiger partial charge in [-0.05, 0) is 42.7 Å². The molecule has 0 nitrogen and oxygen atoms in total. The van der Waals surface area contributed by atoms with Crippen LogP contribution < -0.4 is 0 Å². The second-order valence-electron chi connectivity index (χ2n) is 4.38. The zero-order chi connectivity index (χ0) is 14.0. The summed E-state index contributed by atoms with van der Waals surface area (Å²) in [5, 5.41) is -0.0989. The van der Waals surface area contributed by atoms with Gasteiger partial charge in [-0.15, -0.1) is 11.6 Å². The van der Waals surface area contributed by atoms with Crippen LogP contribution in [0.4, 0.5) is 8.78 Å². The Morgan fingerprint density at radius 3 is 2.47 bits per heavy atom. The summed E-state index contributed by atoms with van der Waals surface area (Å²) in [7, 11) is 0. The molecule has 0 fully saturated rings. The van der Waals surface area contributed by atoms with Crippen LogP contribution in [0.5, 0.6) is 0 Å². The molecule has 1 unspecified atom stereocenters. The normalized spacial score (nSPS) is 12.5. The smallest absolute Gasteiger partial charge is 0.127 e. The highest BCUT2D eigenvalue weighted by atomic mass is 35.5.